The lowest BCUT2D eigenvalue weighted by Gasteiger charge is -2.36. The van der Waals surface area contributed by atoms with Crippen LogP contribution in [0.3, 0.4) is 0 Å². The van der Waals surface area contributed by atoms with Crippen LogP contribution in [0.2, 0.25) is 0 Å². The molecule has 4 heterocycles. The van der Waals surface area contributed by atoms with Crippen molar-refractivity contribution in [2.24, 2.45) is 14.1 Å². The van der Waals surface area contributed by atoms with Crippen LogP contribution in [0.1, 0.15) is 22.0 Å². The molecule has 0 aliphatic carbocycles. The fourth-order valence-corrected chi connectivity index (χ4v) is 5.24. The van der Waals surface area contributed by atoms with Crippen LogP contribution < -0.4 is 11.2 Å². The van der Waals surface area contributed by atoms with Crippen molar-refractivity contribution in [2.45, 2.75) is 19.0 Å². The Kier molecular flexibility index (Phi) is 4.62. The largest absolute Gasteiger partial charge is 0.332 e. The van der Waals surface area contributed by atoms with E-state index in [1.165, 1.54) is 22.8 Å². The second kappa shape index (κ2) is 7.35. The van der Waals surface area contributed by atoms with E-state index in [-0.39, 0.29) is 29.7 Å². The summed E-state index contributed by atoms with van der Waals surface area (Å²) in [6, 6.07) is 11.9. The van der Waals surface area contributed by atoms with Gasteiger partial charge >= 0.3 is 5.69 Å². The fourth-order valence-electron chi connectivity index (χ4n) is 4.33. The Labute approximate surface area is 181 Å². The number of nitrogens with zero attached hydrogens (tertiary/aromatic N) is 5. The number of carbonyl (C=O) groups is 1. The van der Waals surface area contributed by atoms with Crippen molar-refractivity contribution < 1.29 is 4.79 Å². The monoisotopic (exact) mass is 435 g/mol. The zero-order chi connectivity index (χ0) is 21.7. The molecule has 1 aliphatic heterocycles. The van der Waals surface area contributed by atoms with E-state index in [9.17, 15) is 14.4 Å². The van der Waals surface area contributed by atoms with Gasteiger partial charge in [0.2, 0.25) is 5.91 Å². The van der Waals surface area contributed by atoms with E-state index in [2.05, 4.69) is 16.4 Å². The highest BCUT2D eigenvalue weighted by Gasteiger charge is 2.33. The second-order valence-electron chi connectivity index (χ2n) is 7.70. The zero-order valence-electron chi connectivity index (χ0n) is 17.2. The summed E-state index contributed by atoms with van der Waals surface area (Å²) in [4.78, 5) is 45.8. The molecule has 0 spiro atoms. The summed E-state index contributed by atoms with van der Waals surface area (Å²) < 4.78 is 3.91. The third-order valence-corrected chi connectivity index (χ3v) is 6.92. The molecular weight excluding hydrogens is 414 g/mol. The summed E-state index contributed by atoms with van der Waals surface area (Å²) in [5.41, 5.74) is 1.84. The lowest BCUT2D eigenvalue weighted by atomic mass is 9.93. The predicted octanol–water partition coefficient (Wildman–Crippen LogP) is 1.67. The average molecular weight is 436 g/mol. The minimum absolute atomic E-state index is 0.0211. The highest BCUT2D eigenvalue weighted by Crippen LogP contribution is 2.37. The number of aryl methyl sites for hydroxylation is 1. The number of imidazole rings is 1. The van der Waals surface area contributed by atoms with Gasteiger partial charge in [-0.15, -0.1) is 11.3 Å². The van der Waals surface area contributed by atoms with E-state index in [0.29, 0.717) is 6.54 Å². The van der Waals surface area contributed by atoms with Gasteiger partial charge in [-0.05, 0) is 29.0 Å². The maximum absolute atomic E-state index is 13.5. The van der Waals surface area contributed by atoms with E-state index in [4.69, 9.17) is 0 Å². The smallest absolute Gasteiger partial charge is 0.330 e. The minimum atomic E-state index is -0.457. The SMILES string of the molecule is Cn1c(=O)c2c(ncn2CC(=O)N2CCc3sccc3C2c2ccccc2)n(C)c1=O. The molecule has 1 aliphatic rings. The average Bonchev–Trinajstić information content (AvgIpc) is 3.43. The molecule has 3 aromatic heterocycles. The highest BCUT2D eigenvalue weighted by molar-refractivity contribution is 7.10. The van der Waals surface area contributed by atoms with Crippen molar-refractivity contribution in [3.05, 3.63) is 84.9 Å². The molecule has 1 atom stereocenters. The number of carbonyl (C=O) groups excluding carboxylic acids is 1. The fraction of sp³-hybridized carbons (Fsp3) is 0.273. The quantitative estimate of drug-likeness (QED) is 0.490. The van der Waals surface area contributed by atoms with Crippen molar-refractivity contribution >= 4 is 28.4 Å². The molecule has 158 valence electrons. The number of hydrogen-bond donors (Lipinski definition) is 0. The van der Waals surface area contributed by atoms with Gasteiger partial charge in [-0.25, -0.2) is 9.78 Å². The topological polar surface area (TPSA) is 82.1 Å². The first-order valence-corrected chi connectivity index (χ1v) is 10.9. The predicted molar refractivity (Wildman–Crippen MR) is 118 cm³/mol. The molecule has 0 N–H and O–H groups in total. The summed E-state index contributed by atoms with van der Waals surface area (Å²) in [6.07, 6.45) is 2.27. The van der Waals surface area contributed by atoms with E-state index in [1.54, 1.807) is 23.0 Å². The summed E-state index contributed by atoms with van der Waals surface area (Å²) in [7, 11) is 2.99. The third-order valence-electron chi connectivity index (χ3n) is 5.92. The number of rotatable bonds is 3. The van der Waals surface area contributed by atoms with Gasteiger partial charge in [0.1, 0.15) is 6.54 Å². The molecule has 0 saturated carbocycles. The molecule has 1 amide bonds. The minimum Gasteiger partial charge on any atom is -0.330 e. The van der Waals surface area contributed by atoms with Crippen molar-refractivity contribution in [1.29, 1.82) is 0 Å². The number of fused-ring (bicyclic) bond motifs is 2. The van der Waals surface area contributed by atoms with Crippen molar-refractivity contribution in [2.75, 3.05) is 6.54 Å². The summed E-state index contributed by atoms with van der Waals surface area (Å²) in [5, 5.41) is 2.07. The molecule has 9 heteroatoms. The molecule has 0 saturated heterocycles. The van der Waals surface area contributed by atoms with Crippen LogP contribution in [0.5, 0.6) is 0 Å². The lowest BCUT2D eigenvalue weighted by molar-refractivity contribution is -0.133. The van der Waals surface area contributed by atoms with Crippen LogP contribution in [-0.4, -0.2) is 36.0 Å². The molecule has 1 aromatic carbocycles. The normalized spacial score (nSPS) is 15.9. The molecular formula is C22H21N5O3S. The maximum atomic E-state index is 13.5. The van der Waals surface area contributed by atoms with Crippen LogP contribution in [0.25, 0.3) is 11.2 Å². The molecule has 31 heavy (non-hydrogen) atoms. The summed E-state index contributed by atoms with van der Waals surface area (Å²) >= 11 is 1.72. The van der Waals surface area contributed by atoms with Crippen LogP contribution in [0.15, 0.2) is 57.7 Å². The van der Waals surface area contributed by atoms with Crippen molar-refractivity contribution in [1.82, 2.24) is 23.6 Å². The first-order chi connectivity index (χ1) is 15.0. The van der Waals surface area contributed by atoms with Gasteiger partial charge in [-0.3, -0.25) is 18.7 Å². The third kappa shape index (κ3) is 3.04. The molecule has 5 rings (SSSR count). The van der Waals surface area contributed by atoms with Gasteiger partial charge in [0, 0.05) is 25.5 Å². The standard InChI is InChI=1S/C22H21N5O3S/c1-24-20-19(21(29)25(2)22(24)30)26(13-23-20)12-17(28)27-10-8-16-15(9-11-31-16)18(27)14-6-4-3-5-7-14/h3-7,9,11,13,18H,8,10,12H2,1-2H3. The summed E-state index contributed by atoms with van der Waals surface area (Å²) in [6.45, 7) is 0.585. The Morgan fingerprint density at radius 2 is 1.90 bits per heavy atom. The molecule has 0 fully saturated rings. The van der Waals surface area contributed by atoms with E-state index in [1.807, 2.05) is 35.2 Å². The molecule has 4 aromatic rings. The number of thiophene rings is 1. The number of aromatic nitrogens is 4. The van der Waals surface area contributed by atoms with Crippen LogP contribution >= 0.6 is 11.3 Å². The summed E-state index contributed by atoms with van der Waals surface area (Å²) in [5.74, 6) is -0.0964. The Balaban J connectivity index is 1.55. The van der Waals surface area contributed by atoms with Crippen molar-refractivity contribution in [3.8, 4) is 0 Å². The highest BCUT2D eigenvalue weighted by atomic mass is 32.1. The van der Waals surface area contributed by atoms with Gasteiger partial charge < -0.3 is 9.47 Å². The van der Waals surface area contributed by atoms with Gasteiger partial charge in [0.25, 0.3) is 5.56 Å². The number of hydrogen-bond acceptors (Lipinski definition) is 5. The van der Waals surface area contributed by atoms with Crippen LogP contribution in [0, 0.1) is 0 Å². The maximum Gasteiger partial charge on any atom is 0.332 e. The van der Waals surface area contributed by atoms with Crippen molar-refractivity contribution in [3.63, 3.8) is 0 Å². The van der Waals surface area contributed by atoms with E-state index < -0.39 is 11.2 Å². The molecule has 0 radical (unpaired) electrons. The van der Waals surface area contributed by atoms with Gasteiger partial charge in [-0.2, -0.15) is 0 Å². The zero-order valence-corrected chi connectivity index (χ0v) is 18.0. The van der Waals surface area contributed by atoms with Crippen LogP contribution in [0.4, 0.5) is 0 Å². The second-order valence-corrected chi connectivity index (χ2v) is 8.70. The molecule has 0 bridgehead atoms. The first kappa shape index (κ1) is 19.5. The Morgan fingerprint density at radius 1 is 1.13 bits per heavy atom. The van der Waals surface area contributed by atoms with Crippen LogP contribution in [-0.2, 0) is 31.9 Å². The molecule has 8 nitrogen and oxygen atoms in total. The van der Waals surface area contributed by atoms with Gasteiger partial charge in [0.05, 0.1) is 12.4 Å². The Morgan fingerprint density at radius 3 is 2.68 bits per heavy atom. The number of amides is 1. The number of benzene rings is 1. The van der Waals surface area contributed by atoms with Gasteiger partial charge in [0.15, 0.2) is 11.2 Å². The first-order valence-electron chi connectivity index (χ1n) is 9.99. The van der Waals surface area contributed by atoms with E-state index in [0.717, 1.165) is 22.1 Å². The lowest BCUT2D eigenvalue weighted by Crippen LogP contribution is -2.42. The van der Waals surface area contributed by atoms with E-state index >= 15 is 0 Å². The molecule has 1 unspecified atom stereocenters. The Bertz CT molecular complexity index is 1410. The Hall–Kier alpha value is -3.46. The van der Waals surface area contributed by atoms with Gasteiger partial charge in [-0.1, -0.05) is 30.3 Å².